The highest BCUT2D eigenvalue weighted by molar-refractivity contribution is 6.01. The Bertz CT molecular complexity index is 841. The molecule has 1 heterocycles. The third-order valence-corrected chi connectivity index (χ3v) is 4.68. The van der Waals surface area contributed by atoms with Gasteiger partial charge in [0, 0.05) is 13.1 Å². The number of rotatable bonds is 3. The largest absolute Gasteiger partial charge is 0.333 e. The Kier molecular flexibility index (Phi) is 5.00. The molecule has 1 aliphatic rings. The van der Waals surface area contributed by atoms with E-state index in [4.69, 9.17) is 0 Å². The van der Waals surface area contributed by atoms with Crippen LogP contribution in [0.4, 0.5) is 0 Å². The van der Waals surface area contributed by atoms with Gasteiger partial charge in [-0.05, 0) is 40.7 Å². The molecule has 0 radical (unpaired) electrons. The third-order valence-electron chi connectivity index (χ3n) is 4.68. The summed E-state index contributed by atoms with van der Waals surface area (Å²) in [6, 6.07) is 18.3. The van der Waals surface area contributed by atoms with Crippen LogP contribution in [0.25, 0.3) is 6.08 Å². The molecule has 0 unspecified atom stereocenters. The first kappa shape index (κ1) is 17.0. The molecule has 126 valence electrons. The average Bonchev–Trinajstić information content (AvgIpc) is 2.65. The molecule has 0 saturated heterocycles. The average molecular weight is 330 g/mol. The van der Waals surface area contributed by atoms with Gasteiger partial charge in [0.2, 0.25) is 0 Å². The van der Waals surface area contributed by atoms with Gasteiger partial charge in [0.25, 0.3) is 5.91 Å². The van der Waals surface area contributed by atoms with E-state index < -0.39 is 0 Å². The zero-order valence-corrected chi connectivity index (χ0v) is 14.7. The minimum atomic E-state index is -0.190. The predicted molar refractivity (Wildman–Crippen MR) is 99.7 cm³/mol. The van der Waals surface area contributed by atoms with Crippen LogP contribution in [0.15, 0.2) is 54.1 Å². The molecule has 0 aliphatic carbocycles. The van der Waals surface area contributed by atoms with Gasteiger partial charge in [-0.1, -0.05) is 62.4 Å². The van der Waals surface area contributed by atoms with Crippen LogP contribution in [0, 0.1) is 11.3 Å². The molecule has 3 heteroatoms. The normalized spacial score (nSPS) is 14.2. The summed E-state index contributed by atoms with van der Waals surface area (Å²) in [4.78, 5) is 14.5. The second-order valence-electron chi connectivity index (χ2n) is 6.74. The van der Waals surface area contributed by atoms with E-state index in [0.29, 0.717) is 19.0 Å². The fraction of sp³-hybridized carbons (Fsp3) is 0.273. The monoisotopic (exact) mass is 330 g/mol. The SMILES string of the molecule is CC(C)c1ccc(/C=C(\C#N)C(=O)N2CCc3ccccc3C2)cc1. The summed E-state index contributed by atoms with van der Waals surface area (Å²) < 4.78 is 0. The molecule has 0 aromatic heterocycles. The van der Waals surface area contributed by atoms with Gasteiger partial charge in [-0.15, -0.1) is 0 Å². The second-order valence-corrected chi connectivity index (χ2v) is 6.74. The lowest BCUT2D eigenvalue weighted by atomic mass is 9.98. The molecule has 2 aromatic carbocycles. The molecule has 0 spiro atoms. The number of carbonyl (C=O) groups excluding carboxylic acids is 1. The maximum Gasteiger partial charge on any atom is 0.264 e. The molecule has 1 amide bonds. The number of amides is 1. The highest BCUT2D eigenvalue weighted by Gasteiger charge is 2.23. The lowest BCUT2D eigenvalue weighted by molar-refractivity contribution is -0.127. The minimum absolute atomic E-state index is 0.190. The summed E-state index contributed by atoms with van der Waals surface area (Å²) in [6.45, 7) is 5.51. The van der Waals surface area contributed by atoms with Crippen LogP contribution in [0.3, 0.4) is 0 Å². The first-order chi connectivity index (χ1) is 12.1. The number of carbonyl (C=O) groups is 1. The summed E-state index contributed by atoms with van der Waals surface area (Å²) >= 11 is 0. The maximum absolute atomic E-state index is 12.8. The van der Waals surface area contributed by atoms with Crippen molar-refractivity contribution in [1.29, 1.82) is 5.26 Å². The molecule has 0 fully saturated rings. The second kappa shape index (κ2) is 7.36. The molecule has 3 nitrogen and oxygen atoms in total. The zero-order chi connectivity index (χ0) is 17.8. The fourth-order valence-electron chi connectivity index (χ4n) is 3.13. The van der Waals surface area contributed by atoms with Crippen molar-refractivity contribution < 1.29 is 4.79 Å². The van der Waals surface area contributed by atoms with Gasteiger partial charge in [-0.3, -0.25) is 4.79 Å². The van der Waals surface area contributed by atoms with Crippen LogP contribution >= 0.6 is 0 Å². The van der Waals surface area contributed by atoms with Crippen LogP contribution in [0.1, 0.15) is 42.0 Å². The highest BCUT2D eigenvalue weighted by atomic mass is 16.2. The van der Waals surface area contributed by atoms with E-state index in [2.05, 4.69) is 32.0 Å². The van der Waals surface area contributed by atoms with Crippen molar-refractivity contribution in [3.8, 4) is 6.07 Å². The molecule has 25 heavy (non-hydrogen) atoms. The topological polar surface area (TPSA) is 44.1 Å². The number of benzene rings is 2. The van der Waals surface area contributed by atoms with Crippen molar-refractivity contribution in [2.75, 3.05) is 6.54 Å². The van der Waals surface area contributed by atoms with Crippen molar-refractivity contribution in [2.24, 2.45) is 0 Å². The first-order valence-electron chi connectivity index (χ1n) is 8.66. The quantitative estimate of drug-likeness (QED) is 0.622. The van der Waals surface area contributed by atoms with E-state index >= 15 is 0 Å². The van der Waals surface area contributed by atoms with Gasteiger partial charge in [0.1, 0.15) is 11.6 Å². The molecule has 3 rings (SSSR count). The van der Waals surface area contributed by atoms with Crippen molar-refractivity contribution in [2.45, 2.75) is 32.7 Å². The fourth-order valence-corrected chi connectivity index (χ4v) is 3.13. The molecular weight excluding hydrogens is 308 g/mol. The summed E-state index contributed by atoms with van der Waals surface area (Å²) in [7, 11) is 0. The Morgan fingerprint density at radius 2 is 1.80 bits per heavy atom. The van der Waals surface area contributed by atoms with Crippen LogP contribution in [0.2, 0.25) is 0 Å². The van der Waals surface area contributed by atoms with E-state index in [1.807, 2.05) is 36.4 Å². The number of hydrogen-bond acceptors (Lipinski definition) is 2. The molecule has 0 N–H and O–H groups in total. The zero-order valence-electron chi connectivity index (χ0n) is 14.7. The summed E-state index contributed by atoms with van der Waals surface area (Å²) in [5, 5.41) is 9.46. The van der Waals surface area contributed by atoms with Crippen LogP contribution in [-0.4, -0.2) is 17.4 Å². The van der Waals surface area contributed by atoms with E-state index in [-0.39, 0.29) is 11.5 Å². The van der Waals surface area contributed by atoms with E-state index in [1.165, 1.54) is 16.7 Å². The Labute approximate surface area is 149 Å². The summed E-state index contributed by atoms with van der Waals surface area (Å²) in [6.07, 6.45) is 2.52. The van der Waals surface area contributed by atoms with Crippen LogP contribution < -0.4 is 0 Å². The number of hydrogen-bond donors (Lipinski definition) is 0. The third kappa shape index (κ3) is 3.80. The van der Waals surface area contributed by atoms with E-state index in [9.17, 15) is 10.1 Å². The Morgan fingerprint density at radius 3 is 2.44 bits per heavy atom. The van der Waals surface area contributed by atoms with Crippen molar-refractivity contribution in [3.05, 3.63) is 76.4 Å². The van der Waals surface area contributed by atoms with Crippen LogP contribution in [0.5, 0.6) is 0 Å². The van der Waals surface area contributed by atoms with Crippen molar-refractivity contribution in [1.82, 2.24) is 4.90 Å². The highest BCUT2D eigenvalue weighted by Crippen LogP contribution is 2.21. The van der Waals surface area contributed by atoms with Gasteiger partial charge in [-0.2, -0.15) is 5.26 Å². The molecule has 0 bridgehead atoms. The minimum Gasteiger partial charge on any atom is -0.333 e. The molecular formula is C22H22N2O. The molecule has 0 saturated carbocycles. The standard InChI is InChI=1S/C22H22N2O/c1-16(2)18-9-7-17(8-10-18)13-21(14-23)22(25)24-12-11-19-5-3-4-6-20(19)15-24/h3-10,13,16H,11-12,15H2,1-2H3/b21-13+. The molecule has 2 aromatic rings. The van der Waals surface area contributed by atoms with Crippen molar-refractivity contribution >= 4 is 12.0 Å². The van der Waals surface area contributed by atoms with Crippen LogP contribution in [-0.2, 0) is 17.8 Å². The lowest BCUT2D eigenvalue weighted by Gasteiger charge is -2.28. The Balaban J connectivity index is 1.79. The number of fused-ring (bicyclic) bond motifs is 1. The summed E-state index contributed by atoms with van der Waals surface area (Å²) in [5.41, 5.74) is 4.77. The van der Waals surface area contributed by atoms with Gasteiger partial charge < -0.3 is 4.90 Å². The molecule has 1 aliphatic heterocycles. The summed E-state index contributed by atoms with van der Waals surface area (Å²) in [5.74, 6) is 0.272. The molecule has 0 atom stereocenters. The Hall–Kier alpha value is -2.86. The number of nitrogens with zero attached hydrogens (tertiary/aromatic N) is 2. The van der Waals surface area contributed by atoms with Gasteiger partial charge in [0.15, 0.2) is 0 Å². The Morgan fingerprint density at radius 1 is 1.12 bits per heavy atom. The lowest BCUT2D eigenvalue weighted by Crippen LogP contribution is -2.36. The smallest absolute Gasteiger partial charge is 0.264 e. The number of nitriles is 1. The van der Waals surface area contributed by atoms with E-state index in [1.54, 1.807) is 11.0 Å². The van der Waals surface area contributed by atoms with Gasteiger partial charge in [-0.25, -0.2) is 0 Å². The van der Waals surface area contributed by atoms with E-state index in [0.717, 1.165) is 12.0 Å². The van der Waals surface area contributed by atoms with Crippen molar-refractivity contribution in [3.63, 3.8) is 0 Å². The maximum atomic E-state index is 12.8. The predicted octanol–water partition coefficient (Wildman–Crippen LogP) is 4.30. The van der Waals surface area contributed by atoms with Gasteiger partial charge >= 0.3 is 0 Å². The van der Waals surface area contributed by atoms with Gasteiger partial charge in [0.05, 0.1) is 0 Å². The first-order valence-corrected chi connectivity index (χ1v) is 8.66.